The summed E-state index contributed by atoms with van der Waals surface area (Å²) in [5.41, 5.74) is 2.80. The summed E-state index contributed by atoms with van der Waals surface area (Å²) in [5.74, 6) is 2.12. The van der Waals surface area contributed by atoms with E-state index in [0.29, 0.717) is 23.5 Å². The summed E-state index contributed by atoms with van der Waals surface area (Å²) in [4.78, 5) is 12.8. The van der Waals surface area contributed by atoms with Crippen LogP contribution in [-0.2, 0) is 9.53 Å². The van der Waals surface area contributed by atoms with Crippen LogP contribution in [0.2, 0.25) is 0 Å². The summed E-state index contributed by atoms with van der Waals surface area (Å²) in [6.45, 7) is 16.5. The zero-order valence-corrected chi connectivity index (χ0v) is 22.1. The minimum Gasteiger partial charge on any atom is -0.388 e. The minimum absolute atomic E-state index is 0.0394. The van der Waals surface area contributed by atoms with E-state index in [2.05, 4.69) is 46.8 Å². The smallest absolute Gasteiger partial charge is 0.138 e. The molecule has 0 aromatic heterocycles. The van der Waals surface area contributed by atoms with E-state index < -0.39 is 5.60 Å². The lowest BCUT2D eigenvalue weighted by Gasteiger charge is -2.59. The average molecular weight is 455 g/mol. The van der Waals surface area contributed by atoms with Crippen LogP contribution in [0, 0.1) is 39.4 Å². The van der Waals surface area contributed by atoms with Gasteiger partial charge in [0, 0.05) is 11.8 Å². The molecule has 0 unspecified atom stereocenters. The highest BCUT2D eigenvalue weighted by molar-refractivity contribution is 5.86. The molecule has 0 bridgehead atoms. The molecule has 3 heteroatoms. The molecule has 0 amide bonds. The maximum absolute atomic E-state index is 12.8. The van der Waals surface area contributed by atoms with Gasteiger partial charge in [0.15, 0.2) is 0 Å². The van der Waals surface area contributed by atoms with E-state index in [1.165, 1.54) is 12.8 Å². The van der Waals surface area contributed by atoms with Gasteiger partial charge in [0.25, 0.3) is 0 Å². The van der Waals surface area contributed by atoms with Crippen molar-refractivity contribution in [2.45, 2.75) is 112 Å². The SMILES string of the molecule is CC(C)(O)[C@H]1CC[C@H]([C@H]2CC[C@@]3(C)C4=CC[C@H]5C(C)(C)C(=O)CC[C@]5(C)C4=CC[C@]23C)CO1. The van der Waals surface area contributed by atoms with Gasteiger partial charge in [-0.25, -0.2) is 0 Å². The highest BCUT2D eigenvalue weighted by Gasteiger charge is 2.63. The summed E-state index contributed by atoms with van der Waals surface area (Å²) >= 11 is 0. The predicted molar refractivity (Wildman–Crippen MR) is 133 cm³/mol. The molecule has 0 aromatic carbocycles. The van der Waals surface area contributed by atoms with Crippen LogP contribution in [0.3, 0.4) is 0 Å². The molecule has 4 aliphatic carbocycles. The minimum atomic E-state index is -0.754. The van der Waals surface area contributed by atoms with Gasteiger partial charge in [0.2, 0.25) is 0 Å². The summed E-state index contributed by atoms with van der Waals surface area (Å²) in [5, 5.41) is 10.4. The number of rotatable bonds is 2. The zero-order valence-electron chi connectivity index (χ0n) is 22.1. The van der Waals surface area contributed by atoms with E-state index in [9.17, 15) is 9.90 Å². The van der Waals surface area contributed by atoms with Crippen molar-refractivity contribution in [1.82, 2.24) is 0 Å². The number of aliphatic hydroxyl groups is 1. The summed E-state index contributed by atoms with van der Waals surface area (Å²) in [6.07, 6.45) is 13.7. The van der Waals surface area contributed by atoms with Crippen molar-refractivity contribution in [3.05, 3.63) is 23.3 Å². The third kappa shape index (κ3) is 3.17. The van der Waals surface area contributed by atoms with Crippen molar-refractivity contribution in [1.29, 1.82) is 0 Å². The molecule has 7 atom stereocenters. The lowest BCUT2D eigenvalue weighted by atomic mass is 9.44. The number of carbonyl (C=O) groups excluding carboxylic acids is 1. The Kier molecular flexibility index (Phi) is 5.26. The second kappa shape index (κ2) is 7.29. The lowest BCUT2D eigenvalue weighted by molar-refractivity contribution is -0.139. The van der Waals surface area contributed by atoms with Crippen LogP contribution >= 0.6 is 0 Å². The largest absolute Gasteiger partial charge is 0.388 e. The van der Waals surface area contributed by atoms with Gasteiger partial charge in [-0.3, -0.25) is 4.79 Å². The maximum atomic E-state index is 12.8. The first-order chi connectivity index (χ1) is 15.2. The van der Waals surface area contributed by atoms with Gasteiger partial charge in [0.1, 0.15) is 5.78 Å². The Morgan fingerprint density at radius 2 is 1.73 bits per heavy atom. The van der Waals surface area contributed by atoms with Gasteiger partial charge >= 0.3 is 0 Å². The van der Waals surface area contributed by atoms with Gasteiger partial charge in [-0.15, -0.1) is 0 Å². The van der Waals surface area contributed by atoms with E-state index in [4.69, 9.17) is 4.74 Å². The number of ketones is 1. The number of hydrogen-bond donors (Lipinski definition) is 1. The standard InChI is InChI=1S/C30H46O3/c1-26(2)23-10-9-22-21(28(23,5)15-14-24(26)31)13-17-29(6)20(12-16-30(22,29)7)19-8-11-25(33-18-19)27(3,4)32/h9,13,19-20,23,25,32H,8,10-12,14-18H2,1-7H3/t19-,20+,23-,25+,28+,29+,30-/m0/s1. The van der Waals surface area contributed by atoms with Crippen LogP contribution in [0.4, 0.5) is 0 Å². The molecule has 3 nitrogen and oxygen atoms in total. The summed E-state index contributed by atoms with van der Waals surface area (Å²) < 4.78 is 6.24. The number of hydrogen-bond acceptors (Lipinski definition) is 3. The molecule has 0 aromatic rings. The number of ether oxygens (including phenoxy) is 1. The third-order valence-corrected chi connectivity index (χ3v) is 11.7. The molecule has 1 aliphatic heterocycles. The van der Waals surface area contributed by atoms with Crippen molar-refractivity contribution in [2.24, 2.45) is 39.4 Å². The van der Waals surface area contributed by atoms with Crippen LogP contribution in [0.25, 0.3) is 0 Å². The first-order valence-electron chi connectivity index (χ1n) is 13.5. The summed E-state index contributed by atoms with van der Waals surface area (Å²) in [6, 6.07) is 0. The number of allylic oxidation sites excluding steroid dienone is 4. The van der Waals surface area contributed by atoms with E-state index in [1.807, 2.05) is 13.8 Å². The molecule has 3 fully saturated rings. The molecule has 0 radical (unpaired) electrons. The van der Waals surface area contributed by atoms with Crippen molar-refractivity contribution in [2.75, 3.05) is 6.61 Å². The van der Waals surface area contributed by atoms with E-state index in [1.54, 1.807) is 11.1 Å². The normalized spacial score (nSPS) is 47.2. The Morgan fingerprint density at radius 1 is 1.00 bits per heavy atom. The fourth-order valence-electron chi connectivity index (χ4n) is 9.25. The quantitative estimate of drug-likeness (QED) is 0.508. The van der Waals surface area contributed by atoms with Crippen molar-refractivity contribution in [3.8, 4) is 0 Å². The van der Waals surface area contributed by atoms with E-state index >= 15 is 0 Å². The van der Waals surface area contributed by atoms with Gasteiger partial charge in [-0.05, 0) is 104 Å². The zero-order chi connectivity index (χ0) is 24.0. The average Bonchev–Trinajstić information content (AvgIpc) is 3.02. The molecule has 2 saturated carbocycles. The van der Waals surface area contributed by atoms with Crippen LogP contribution in [0.15, 0.2) is 23.3 Å². The van der Waals surface area contributed by atoms with E-state index in [-0.39, 0.29) is 27.8 Å². The molecule has 1 heterocycles. The van der Waals surface area contributed by atoms with Crippen molar-refractivity contribution < 1.29 is 14.6 Å². The Balaban J connectivity index is 1.44. The first-order valence-corrected chi connectivity index (χ1v) is 13.5. The number of fused-ring (bicyclic) bond motifs is 5. The highest BCUT2D eigenvalue weighted by Crippen LogP contribution is 2.71. The number of Topliss-reactive ketones (excluding diaryl/α,β-unsaturated/α-hetero) is 1. The first kappa shape index (κ1) is 23.8. The molecule has 0 spiro atoms. The second-order valence-electron chi connectivity index (χ2n) is 14.0. The third-order valence-electron chi connectivity index (χ3n) is 11.7. The second-order valence-corrected chi connectivity index (χ2v) is 14.0. The predicted octanol–water partition coefficient (Wildman–Crippen LogP) is 6.65. The lowest BCUT2D eigenvalue weighted by Crippen LogP contribution is -2.53. The van der Waals surface area contributed by atoms with Crippen LogP contribution < -0.4 is 0 Å². The molecule has 5 rings (SSSR count). The summed E-state index contributed by atoms with van der Waals surface area (Å²) in [7, 11) is 0. The monoisotopic (exact) mass is 454 g/mol. The van der Waals surface area contributed by atoms with Crippen LogP contribution in [0.1, 0.15) is 99.8 Å². The molecule has 5 aliphatic rings. The van der Waals surface area contributed by atoms with Gasteiger partial charge in [0.05, 0.1) is 18.3 Å². The molecular formula is C30H46O3. The Hall–Kier alpha value is -0.930. The molecule has 1 saturated heterocycles. The Labute approximate surface area is 201 Å². The molecular weight excluding hydrogens is 408 g/mol. The molecule has 1 N–H and O–H groups in total. The number of carbonyl (C=O) groups is 1. The Morgan fingerprint density at radius 3 is 2.36 bits per heavy atom. The van der Waals surface area contributed by atoms with Gasteiger partial charge in [-0.1, -0.05) is 46.8 Å². The van der Waals surface area contributed by atoms with Gasteiger partial charge < -0.3 is 9.84 Å². The van der Waals surface area contributed by atoms with E-state index in [0.717, 1.165) is 45.1 Å². The highest BCUT2D eigenvalue weighted by atomic mass is 16.5. The topological polar surface area (TPSA) is 46.5 Å². The fourth-order valence-corrected chi connectivity index (χ4v) is 9.25. The van der Waals surface area contributed by atoms with Crippen LogP contribution in [-0.4, -0.2) is 29.2 Å². The maximum Gasteiger partial charge on any atom is 0.138 e. The van der Waals surface area contributed by atoms with Gasteiger partial charge in [-0.2, -0.15) is 0 Å². The van der Waals surface area contributed by atoms with Crippen molar-refractivity contribution >= 4 is 5.78 Å². The Bertz CT molecular complexity index is 896. The van der Waals surface area contributed by atoms with Crippen LogP contribution in [0.5, 0.6) is 0 Å². The van der Waals surface area contributed by atoms with Crippen molar-refractivity contribution in [3.63, 3.8) is 0 Å². The molecule has 184 valence electrons. The molecule has 33 heavy (non-hydrogen) atoms. The fraction of sp³-hybridized carbons (Fsp3) is 0.833.